The van der Waals surface area contributed by atoms with E-state index in [1.165, 1.54) is 0 Å². The molecule has 0 spiro atoms. The van der Waals surface area contributed by atoms with Gasteiger partial charge in [0.2, 0.25) is 5.91 Å². The second-order valence-electron chi connectivity index (χ2n) is 5.15. The largest absolute Gasteiger partial charge is 0.497 e. The molecule has 3 N–H and O–H groups in total. The summed E-state index contributed by atoms with van der Waals surface area (Å²) in [5.41, 5.74) is 6.91. The molecule has 2 rings (SSSR count). The second kappa shape index (κ2) is 9.65. The van der Waals surface area contributed by atoms with Gasteiger partial charge in [-0.15, -0.1) is 12.4 Å². The number of nitrogens with two attached hydrogens (primary N) is 1. The van der Waals surface area contributed by atoms with Crippen molar-refractivity contribution in [2.45, 2.75) is 19.0 Å². The Morgan fingerprint density at radius 3 is 2.65 bits per heavy atom. The highest BCUT2D eigenvalue weighted by Crippen LogP contribution is 2.21. The number of carbonyl (C=O) groups is 1. The van der Waals surface area contributed by atoms with Gasteiger partial charge in [0.15, 0.2) is 0 Å². The Balaban J connectivity index is 0.00000264. The van der Waals surface area contributed by atoms with Crippen LogP contribution in [0.15, 0.2) is 36.4 Å². The summed E-state index contributed by atoms with van der Waals surface area (Å²) in [6, 6.07) is 11.6. The molecule has 126 valence electrons. The number of nitrogens with one attached hydrogen (secondary N) is 1. The molecule has 0 heterocycles. The van der Waals surface area contributed by atoms with Crippen molar-refractivity contribution >= 4 is 40.8 Å². The van der Waals surface area contributed by atoms with Crippen molar-refractivity contribution in [3.8, 4) is 5.75 Å². The molecule has 23 heavy (non-hydrogen) atoms. The quantitative estimate of drug-likeness (QED) is 0.802. The maximum absolute atomic E-state index is 11.9. The van der Waals surface area contributed by atoms with Gasteiger partial charge in [0.25, 0.3) is 0 Å². The van der Waals surface area contributed by atoms with E-state index in [0.717, 1.165) is 27.8 Å². The molecule has 0 aliphatic heterocycles. The molecule has 1 atom stereocenters. The molecule has 4 nitrogen and oxygen atoms in total. The van der Waals surface area contributed by atoms with Gasteiger partial charge in [-0.05, 0) is 53.0 Å². The van der Waals surface area contributed by atoms with E-state index < -0.39 is 6.04 Å². The number of fused-ring (bicyclic) bond motifs is 1. The van der Waals surface area contributed by atoms with E-state index in [-0.39, 0.29) is 18.3 Å². The Labute approximate surface area is 147 Å². The van der Waals surface area contributed by atoms with Gasteiger partial charge < -0.3 is 15.8 Å². The smallest absolute Gasteiger partial charge is 0.237 e. The summed E-state index contributed by atoms with van der Waals surface area (Å²) in [5.74, 6) is 1.64. The lowest BCUT2D eigenvalue weighted by atomic mass is 10.1. The van der Waals surface area contributed by atoms with Gasteiger partial charge in [0, 0.05) is 6.54 Å². The fraction of sp³-hybridized carbons (Fsp3) is 0.353. The molecular formula is C17H23ClN2O2S. The van der Waals surface area contributed by atoms with Crippen LogP contribution >= 0.6 is 24.2 Å². The van der Waals surface area contributed by atoms with Crippen molar-refractivity contribution in [1.29, 1.82) is 0 Å². The molecule has 0 saturated heterocycles. The van der Waals surface area contributed by atoms with Crippen LogP contribution in [0.3, 0.4) is 0 Å². The topological polar surface area (TPSA) is 64.3 Å². The van der Waals surface area contributed by atoms with Crippen molar-refractivity contribution in [3.05, 3.63) is 42.0 Å². The average Bonchev–Trinajstić information content (AvgIpc) is 2.56. The van der Waals surface area contributed by atoms with E-state index in [1.54, 1.807) is 18.9 Å². The van der Waals surface area contributed by atoms with Crippen LogP contribution in [-0.2, 0) is 11.3 Å². The highest BCUT2D eigenvalue weighted by molar-refractivity contribution is 7.98. The molecule has 6 heteroatoms. The standard InChI is InChI=1S/C17H22N2O2S.ClH/c1-21-15-6-5-13-9-12(3-4-14(13)10-15)11-19-17(20)16(18)7-8-22-2;/h3-6,9-10,16H,7-8,11,18H2,1-2H3,(H,19,20);1H/t16-;/m0./s1. The maximum Gasteiger partial charge on any atom is 0.237 e. The minimum Gasteiger partial charge on any atom is -0.497 e. The number of methoxy groups -OCH3 is 1. The summed E-state index contributed by atoms with van der Waals surface area (Å²) >= 11 is 1.70. The van der Waals surface area contributed by atoms with Gasteiger partial charge in [-0.25, -0.2) is 0 Å². The molecule has 0 unspecified atom stereocenters. The molecule has 0 aromatic heterocycles. The first kappa shape index (κ1) is 19.6. The fourth-order valence-electron chi connectivity index (χ4n) is 2.21. The van der Waals surface area contributed by atoms with Crippen molar-refractivity contribution in [3.63, 3.8) is 0 Å². The number of hydrogen-bond acceptors (Lipinski definition) is 4. The molecule has 0 radical (unpaired) electrons. The molecule has 1 amide bonds. The van der Waals surface area contributed by atoms with Crippen molar-refractivity contribution in [2.24, 2.45) is 5.73 Å². The van der Waals surface area contributed by atoms with Crippen LogP contribution in [0, 0.1) is 0 Å². The lowest BCUT2D eigenvalue weighted by molar-refractivity contribution is -0.122. The molecule has 0 aliphatic carbocycles. The molecule has 2 aromatic rings. The number of benzene rings is 2. The molecule has 0 bridgehead atoms. The highest BCUT2D eigenvalue weighted by atomic mass is 35.5. The minimum absolute atomic E-state index is 0. The van der Waals surface area contributed by atoms with Gasteiger partial charge in [-0.1, -0.05) is 18.2 Å². The average molecular weight is 355 g/mol. The first-order chi connectivity index (χ1) is 10.6. The molecule has 0 aliphatic rings. The molecule has 2 aromatic carbocycles. The predicted octanol–water partition coefficient (Wildman–Crippen LogP) is 2.97. The third kappa shape index (κ3) is 5.61. The zero-order valence-electron chi connectivity index (χ0n) is 13.4. The first-order valence-corrected chi connectivity index (χ1v) is 8.62. The van der Waals surface area contributed by atoms with Crippen LogP contribution in [0.1, 0.15) is 12.0 Å². The van der Waals surface area contributed by atoms with Crippen LogP contribution in [0.5, 0.6) is 5.75 Å². The number of rotatable bonds is 7. The van der Waals surface area contributed by atoms with Crippen molar-refractivity contribution in [2.75, 3.05) is 19.1 Å². The number of ether oxygens (including phenoxy) is 1. The zero-order valence-corrected chi connectivity index (χ0v) is 15.0. The van der Waals surface area contributed by atoms with Crippen LogP contribution in [-0.4, -0.2) is 31.1 Å². The van der Waals surface area contributed by atoms with Gasteiger partial charge in [-0.2, -0.15) is 11.8 Å². The van der Waals surface area contributed by atoms with E-state index in [2.05, 4.69) is 11.4 Å². The van der Waals surface area contributed by atoms with Gasteiger partial charge in [-0.3, -0.25) is 4.79 Å². The molecule has 0 saturated carbocycles. The van der Waals surface area contributed by atoms with Gasteiger partial charge in [0.05, 0.1) is 13.2 Å². The normalized spacial score (nSPS) is 11.6. The lowest BCUT2D eigenvalue weighted by Crippen LogP contribution is -2.40. The Morgan fingerprint density at radius 2 is 1.96 bits per heavy atom. The van der Waals surface area contributed by atoms with Gasteiger partial charge >= 0.3 is 0 Å². The van der Waals surface area contributed by atoms with E-state index >= 15 is 0 Å². The first-order valence-electron chi connectivity index (χ1n) is 7.23. The van der Waals surface area contributed by atoms with Crippen LogP contribution in [0.2, 0.25) is 0 Å². The van der Waals surface area contributed by atoms with E-state index in [1.807, 2.05) is 36.6 Å². The van der Waals surface area contributed by atoms with Crippen LogP contribution in [0.4, 0.5) is 0 Å². The maximum atomic E-state index is 11.9. The summed E-state index contributed by atoms with van der Waals surface area (Å²) in [6.07, 6.45) is 2.71. The lowest BCUT2D eigenvalue weighted by Gasteiger charge is -2.12. The summed E-state index contributed by atoms with van der Waals surface area (Å²) in [5, 5.41) is 5.14. The van der Waals surface area contributed by atoms with Gasteiger partial charge in [0.1, 0.15) is 5.75 Å². The number of carbonyl (C=O) groups excluding carboxylic acids is 1. The number of amides is 1. The number of halogens is 1. The number of thioether (sulfide) groups is 1. The minimum atomic E-state index is -0.433. The predicted molar refractivity (Wildman–Crippen MR) is 101 cm³/mol. The Kier molecular flexibility index (Phi) is 8.23. The molecular weight excluding hydrogens is 332 g/mol. The van der Waals surface area contributed by atoms with E-state index in [0.29, 0.717) is 13.0 Å². The third-order valence-corrected chi connectivity index (χ3v) is 4.19. The zero-order chi connectivity index (χ0) is 15.9. The van der Waals surface area contributed by atoms with Crippen LogP contribution < -0.4 is 15.8 Å². The SMILES string of the molecule is COc1ccc2cc(CNC(=O)[C@@H](N)CCSC)ccc2c1.Cl. The summed E-state index contributed by atoms with van der Waals surface area (Å²) in [6.45, 7) is 0.494. The Morgan fingerprint density at radius 1 is 1.26 bits per heavy atom. The molecule has 0 fully saturated rings. The van der Waals surface area contributed by atoms with Crippen LogP contribution in [0.25, 0.3) is 10.8 Å². The monoisotopic (exact) mass is 354 g/mol. The third-order valence-electron chi connectivity index (χ3n) is 3.55. The van der Waals surface area contributed by atoms with Crippen molar-refractivity contribution in [1.82, 2.24) is 5.32 Å². The summed E-state index contributed by atoms with van der Waals surface area (Å²) in [4.78, 5) is 11.9. The van der Waals surface area contributed by atoms with E-state index in [4.69, 9.17) is 10.5 Å². The highest BCUT2D eigenvalue weighted by Gasteiger charge is 2.12. The summed E-state index contributed by atoms with van der Waals surface area (Å²) < 4.78 is 5.22. The van der Waals surface area contributed by atoms with E-state index in [9.17, 15) is 4.79 Å². The Hall–Kier alpha value is -1.43. The summed E-state index contributed by atoms with van der Waals surface area (Å²) in [7, 11) is 1.66. The fourth-order valence-corrected chi connectivity index (χ4v) is 2.70. The van der Waals surface area contributed by atoms with Crippen molar-refractivity contribution < 1.29 is 9.53 Å². The second-order valence-corrected chi connectivity index (χ2v) is 6.14. The Bertz CT molecular complexity index is 652. The number of hydrogen-bond donors (Lipinski definition) is 2.